The number of anilines is 1. The average molecular weight is 287 g/mol. The minimum absolute atomic E-state index is 0.00836. The summed E-state index contributed by atoms with van der Waals surface area (Å²) in [4.78, 5) is 1.35. The van der Waals surface area contributed by atoms with Crippen molar-refractivity contribution in [2.45, 2.75) is 12.3 Å². The van der Waals surface area contributed by atoms with Gasteiger partial charge in [-0.2, -0.15) is 13.2 Å². The fraction of sp³-hybridized carbons (Fsp3) is 0.333. The summed E-state index contributed by atoms with van der Waals surface area (Å²) in [7, 11) is 0. The van der Waals surface area contributed by atoms with E-state index in [4.69, 9.17) is 4.42 Å². The molecular weight excluding hydrogens is 278 g/mol. The molecule has 1 aromatic carbocycles. The molecule has 1 aliphatic heterocycles. The highest BCUT2D eigenvalue weighted by molar-refractivity contribution is 5.65. The van der Waals surface area contributed by atoms with Crippen LogP contribution in [0.3, 0.4) is 0 Å². The molecule has 0 aliphatic carbocycles. The van der Waals surface area contributed by atoms with Gasteiger partial charge in [0, 0.05) is 11.3 Å². The molecular formula is C12H9F4N3O. The van der Waals surface area contributed by atoms with E-state index in [0.29, 0.717) is 0 Å². The van der Waals surface area contributed by atoms with Gasteiger partial charge in [0.25, 0.3) is 0 Å². The van der Waals surface area contributed by atoms with E-state index in [1.807, 2.05) is 0 Å². The maximum Gasteiger partial charge on any atom is 0.418 e. The Kier molecular flexibility index (Phi) is 2.88. The number of hydrogen-bond donors (Lipinski definition) is 0. The summed E-state index contributed by atoms with van der Waals surface area (Å²) in [5.74, 6) is 0.00836. The normalized spacial score (nSPS) is 16.3. The van der Waals surface area contributed by atoms with Gasteiger partial charge in [-0.3, -0.25) is 0 Å². The first-order valence-electron chi connectivity index (χ1n) is 5.82. The molecule has 2 heterocycles. The SMILES string of the molecule is FC1CN(c2ccc(-c3nnco3)cc2C(F)(F)F)C1. The van der Waals surface area contributed by atoms with E-state index in [1.54, 1.807) is 0 Å². The first kappa shape index (κ1) is 12.9. The quantitative estimate of drug-likeness (QED) is 0.796. The van der Waals surface area contributed by atoms with Crippen molar-refractivity contribution >= 4 is 5.69 Å². The molecule has 0 N–H and O–H groups in total. The number of hydrogen-bond acceptors (Lipinski definition) is 4. The second-order valence-corrected chi connectivity index (χ2v) is 4.48. The molecule has 0 spiro atoms. The Labute approximate surface area is 111 Å². The summed E-state index contributed by atoms with van der Waals surface area (Å²) in [6, 6.07) is 3.69. The Morgan fingerprint density at radius 1 is 1.25 bits per heavy atom. The lowest BCUT2D eigenvalue weighted by atomic mass is 10.0. The molecule has 106 valence electrons. The van der Waals surface area contributed by atoms with E-state index < -0.39 is 17.9 Å². The molecule has 0 radical (unpaired) electrons. The number of alkyl halides is 4. The van der Waals surface area contributed by atoms with Gasteiger partial charge in [0.05, 0.1) is 18.7 Å². The van der Waals surface area contributed by atoms with Crippen LogP contribution < -0.4 is 4.90 Å². The monoisotopic (exact) mass is 287 g/mol. The maximum absolute atomic E-state index is 13.1. The van der Waals surface area contributed by atoms with Crippen LogP contribution in [0, 0.1) is 0 Å². The Balaban J connectivity index is 2.03. The summed E-state index contributed by atoms with van der Waals surface area (Å²) >= 11 is 0. The van der Waals surface area contributed by atoms with Gasteiger partial charge in [-0.25, -0.2) is 4.39 Å². The zero-order valence-electron chi connectivity index (χ0n) is 10.1. The second-order valence-electron chi connectivity index (χ2n) is 4.48. The number of rotatable bonds is 2. The summed E-state index contributed by atoms with van der Waals surface area (Å²) in [5.41, 5.74) is -0.689. The summed E-state index contributed by atoms with van der Waals surface area (Å²) < 4.78 is 57.0. The van der Waals surface area contributed by atoms with Crippen LogP contribution >= 0.6 is 0 Å². The lowest BCUT2D eigenvalue weighted by Gasteiger charge is -2.37. The number of aromatic nitrogens is 2. The highest BCUT2D eigenvalue weighted by atomic mass is 19.4. The van der Waals surface area contributed by atoms with E-state index in [2.05, 4.69) is 10.2 Å². The summed E-state index contributed by atoms with van der Waals surface area (Å²) in [6.45, 7) is -0.0496. The van der Waals surface area contributed by atoms with E-state index in [9.17, 15) is 17.6 Å². The molecule has 4 nitrogen and oxygen atoms in total. The molecule has 8 heteroatoms. The van der Waals surface area contributed by atoms with E-state index in [0.717, 1.165) is 12.5 Å². The molecule has 0 saturated carbocycles. The predicted octanol–water partition coefficient (Wildman–Crippen LogP) is 2.91. The molecule has 1 aliphatic rings. The lowest BCUT2D eigenvalue weighted by molar-refractivity contribution is -0.137. The van der Waals surface area contributed by atoms with Gasteiger partial charge in [0.1, 0.15) is 6.17 Å². The van der Waals surface area contributed by atoms with Crippen molar-refractivity contribution in [1.29, 1.82) is 0 Å². The number of halogens is 4. The molecule has 0 bridgehead atoms. The van der Waals surface area contributed by atoms with Crippen LogP contribution in [0.25, 0.3) is 11.5 Å². The van der Waals surface area contributed by atoms with Gasteiger partial charge in [-0.05, 0) is 18.2 Å². The van der Waals surface area contributed by atoms with Crippen molar-refractivity contribution in [3.05, 3.63) is 30.2 Å². The topological polar surface area (TPSA) is 42.2 Å². The smallest absolute Gasteiger partial charge is 0.418 e. The first-order chi connectivity index (χ1) is 9.45. The van der Waals surface area contributed by atoms with Crippen LogP contribution in [0.15, 0.2) is 29.0 Å². The second kappa shape index (κ2) is 4.46. The third kappa shape index (κ3) is 2.21. The summed E-state index contributed by atoms with van der Waals surface area (Å²) in [5, 5.41) is 7.00. The largest absolute Gasteiger partial charge is 0.423 e. The van der Waals surface area contributed by atoms with Crippen molar-refractivity contribution < 1.29 is 22.0 Å². The Morgan fingerprint density at radius 2 is 2.00 bits per heavy atom. The van der Waals surface area contributed by atoms with Crippen LogP contribution in [-0.4, -0.2) is 29.5 Å². The third-order valence-electron chi connectivity index (χ3n) is 3.09. The molecule has 0 amide bonds. The van der Waals surface area contributed by atoms with Crippen LogP contribution in [-0.2, 0) is 6.18 Å². The Hall–Kier alpha value is -2.12. The van der Waals surface area contributed by atoms with E-state index in [-0.39, 0.29) is 30.2 Å². The minimum atomic E-state index is -4.53. The van der Waals surface area contributed by atoms with Gasteiger partial charge in [-0.15, -0.1) is 10.2 Å². The summed E-state index contributed by atoms with van der Waals surface area (Å²) in [6.07, 6.45) is -4.57. The van der Waals surface area contributed by atoms with Crippen LogP contribution in [0.2, 0.25) is 0 Å². The molecule has 0 atom stereocenters. The highest BCUT2D eigenvalue weighted by Crippen LogP contribution is 2.40. The Morgan fingerprint density at radius 3 is 2.55 bits per heavy atom. The van der Waals surface area contributed by atoms with Crippen LogP contribution in [0.4, 0.5) is 23.2 Å². The lowest BCUT2D eigenvalue weighted by Crippen LogP contribution is -2.49. The Bertz CT molecular complexity index is 606. The molecule has 20 heavy (non-hydrogen) atoms. The molecule has 0 unspecified atom stereocenters. The molecule has 3 rings (SSSR count). The maximum atomic E-state index is 13.1. The minimum Gasteiger partial charge on any atom is -0.423 e. The van der Waals surface area contributed by atoms with Crippen LogP contribution in [0.5, 0.6) is 0 Å². The van der Waals surface area contributed by atoms with Gasteiger partial charge in [-0.1, -0.05) is 0 Å². The van der Waals surface area contributed by atoms with Crippen molar-refractivity contribution in [3.8, 4) is 11.5 Å². The van der Waals surface area contributed by atoms with E-state index in [1.165, 1.54) is 17.0 Å². The molecule has 1 aromatic heterocycles. The van der Waals surface area contributed by atoms with Gasteiger partial charge >= 0.3 is 6.18 Å². The van der Waals surface area contributed by atoms with Crippen molar-refractivity contribution in [2.75, 3.05) is 18.0 Å². The zero-order valence-corrected chi connectivity index (χ0v) is 10.1. The van der Waals surface area contributed by atoms with E-state index >= 15 is 0 Å². The van der Waals surface area contributed by atoms with Crippen molar-refractivity contribution in [2.24, 2.45) is 0 Å². The fourth-order valence-electron chi connectivity index (χ4n) is 2.09. The fourth-order valence-corrected chi connectivity index (χ4v) is 2.09. The van der Waals surface area contributed by atoms with Crippen LogP contribution in [0.1, 0.15) is 5.56 Å². The van der Waals surface area contributed by atoms with Gasteiger partial charge < -0.3 is 9.32 Å². The average Bonchev–Trinajstić information content (AvgIpc) is 2.87. The predicted molar refractivity (Wildman–Crippen MR) is 61.8 cm³/mol. The standard InChI is InChI=1S/C12H9F4N3O/c13-8-4-19(5-8)10-2-1-7(11-18-17-6-20-11)3-9(10)12(14,15)16/h1-3,6,8H,4-5H2. The molecule has 1 fully saturated rings. The third-order valence-corrected chi connectivity index (χ3v) is 3.09. The van der Waals surface area contributed by atoms with Gasteiger partial charge in [0.2, 0.25) is 12.3 Å². The number of nitrogens with zero attached hydrogens (tertiary/aromatic N) is 3. The zero-order chi connectivity index (χ0) is 14.3. The number of benzene rings is 1. The highest BCUT2D eigenvalue weighted by Gasteiger charge is 2.38. The van der Waals surface area contributed by atoms with Crippen molar-refractivity contribution in [1.82, 2.24) is 10.2 Å². The molecule has 2 aromatic rings. The molecule has 1 saturated heterocycles. The van der Waals surface area contributed by atoms with Gasteiger partial charge in [0.15, 0.2) is 0 Å². The first-order valence-corrected chi connectivity index (χ1v) is 5.82. The van der Waals surface area contributed by atoms with Crippen molar-refractivity contribution in [3.63, 3.8) is 0 Å².